The van der Waals surface area contributed by atoms with Gasteiger partial charge in [-0.05, 0) is 84.4 Å². The molecule has 0 aliphatic rings. The maximum Gasteiger partial charge on any atom is 0.146 e. The summed E-state index contributed by atoms with van der Waals surface area (Å²) in [5, 5.41) is 1.57. The summed E-state index contributed by atoms with van der Waals surface area (Å²) in [6.45, 7) is 4.48. The lowest BCUT2D eigenvalue weighted by molar-refractivity contribution is 0.632. The van der Waals surface area contributed by atoms with Gasteiger partial charge in [0.15, 0.2) is 0 Å². The zero-order valence-electron chi connectivity index (χ0n) is 23.9. The highest BCUT2D eigenvalue weighted by molar-refractivity contribution is 5.85. The third-order valence-electron chi connectivity index (χ3n) is 7.68. The highest BCUT2D eigenvalue weighted by Crippen LogP contribution is 2.23. The molecule has 4 aromatic carbocycles. The first-order valence-electron chi connectivity index (χ1n) is 15.1. The number of unbranched alkanes of at least 4 members (excludes halogenated alkanes) is 6. The van der Waals surface area contributed by atoms with Crippen LogP contribution in [-0.4, -0.2) is 0 Å². The minimum absolute atomic E-state index is 0.229. The number of fused-ring (bicyclic) bond motifs is 1. The molecule has 0 aliphatic carbocycles. The quantitative estimate of drug-likeness (QED) is 0.122. The standard InChI is InChI=1S/C38H43F/c1-3-5-7-8-10-12-31-13-17-32(18-14-31)21-22-34-24-28-37-36(29-34)27-26-35(38(37)39)25-23-33-19-15-30(16-20-33)11-9-6-4-2/h13-20,24,26-29H,3-12,21-22H2,1-2H3. The largest absolute Gasteiger partial charge is 0.205 e. The number of hydrogen-bond acceptors (Lipinski definition) is 0. The number of benzene rings is 4. The topological polar surface area (TPSA) is 0 Å². The van der Waals surface area contributed by atoms with Crippen molar-refractivity contribution in [3.8, 4) is 11.8 Å². The average Bonchev–Trinajstić information content (AvgIpc) is 2.97. The van der Waals surface area contributed by atoms with Crippen molar-refractivity contribution in [3.05, 3.63) is 118 Å². The number of halogens is 1. The van der Waals surface area contributed by atoms with Gasteiger partial charge in [-0.2, -0.15) is 0 Å². The van der Waals surface area contributed by atoms with Crippen LogP contribution in [0.4, 0.5) is 4.39 Å². The molecule has 0 aromatic heterocycles. The van der Waals surface area contributed by atoms with Crippen LogP contribution in [0, 0.1) is 17.7 Å². The highest BCUT2D eigenvalue weighted by Gasteiger charge is 2.07. The maximum atomic E-state index is 15.3. The Bertz CT molecular complexity index is 1370. The Morgan fingerprint density at radius 3 is 1.74 bits per heavy atom. The van der Waals surface area contributed by atoms with E-state index in [-0.39, 0.29) is 5.82 Å². The molecule has 202 valence electrons. The van der Waals surface area contributed by atoms with Crippen molar-refractivity contribution in [2.24, 2.45) is 0 Å². The molecular formula is C38H43F. The van der Waals surface area contributed by atoms with Gasteiger partial charge in [0.2, 0.25) is 0 Å². The van der Waals surface area contributed by atoms with Crippen LogP contribution in [0.5, 0.6) is 0 Å². The zero-order chi connectivity index (χ0) is 27.3. The lowest BCUT2D eigenvalue weighted by atomic mass is 9.98. The van der Waals surface area contributed by atoms with E-state index in [4.69, 9.17) is 0 Å². The van der Waals surface area contributed by atoms with E-state index in [2.05, 4.69) is 74.2 Å². The Morgan fingerprint density at radius 1 is 0.513 bits per heavy atom. The van der Waals surface area contributed by atoms with E-state index in [0.717, 1.165) is 30.2 Å². The second-order valence-corrected chi connectivity index (χ2v) is 10.9. The van der Waals surface area contributed by atoms with E-state index < -0.39 is 0 Å². The van der Waals surface area contributed by atoms with Crippen LogP contribution in [-0.2, 0) is 25.7 Å². The number of aryl methyl sites for hydroxylation is 4. The lowest BCUT2D eigenvalue weighted by Gasteiger charge is -2.07. The summed E-state index contributed by atoms with van der Waals surface area (Å²) in [6.07, 6.45) is 14.6. The Kier molecular flexibility index (Phi) is 11.2. The van der Waals surface area contributed by atoms with Gasteiger partial charge >= 0.3 is 0 Å². The predicted octanol–water partition coefficient (Wildman–Crippen LogP) is 10.4. The highest BCUT2D eigenvalue weighted by atomic mass is 19.1. The molecule has 0 nitrogen and oxygen atoms in total. The minimum Gasteiger partial charge on any atom is -0.205 e. The lowest BCUT2D eigenvalue weighted by Crippen LogP contribution is -1.94. The van der Waals surface area contributed by atoms with Crippen molar-refractivity contribution in [2.75, 3.05) is 0 Å². The predicted molar refractivity (Wildman–Crippen MR) is 166 cm³/mol. The van der Waals surface area contributed by atoms with Crippen molar-refractivity contribution < 1.29 is 4.39 Å². The molecule has 4 rings (SSSR count). The molecule has 0 saturated carbocycles. The molecule has 0 bridgehead atoms. The molecule has 0 saturated heterocycles. The average molecular weight is 519 g/mol. The molecule has 0 radical (unpaired) electrons. The number of hydrogen-bond donors (Lipinski definition) is 0. The van der Waals surface area contributed by atoms with Crippen LogP contribution in [0.3, 0.4) is 0 Å². The number of rotatable bonds is 13. The molecule has 1 heteroatoms. The fraction of sp³-hybridized carbons (Fsp3) is 0.368. The van der Waals surface area contributed by atoms with Crippen LogP contribution in [0.2, 0.25) is 0 Å². The van der Waals surface area contributed by atoms with Crippen LogP contribution >= 0.6 is 0 Å². The summed E-state index contributed by atoms with van der Waals surface area (Å²) in [7, 11) is 0. The van der Waals surface area contributed by atoms with E-state index >= 15 is 4.39 Å². The normalized spacial score (nSPS) is 10.9. The Hall–Kier alpha value is -3.37. The van der Waals surface area contributed by atoms with Crippen LogP contribution in [0.25, 0.3) is 10.8 Å². The molecule has 4 aromatic rings. The van der Waals surface area contributed by atoms with Crippen LogP contribution in [0.15, 0.2) is 78.9 Å². The first kappa shape index (κ1) is 28.6. The smallest absolute Gasteiger partial charge is 0.146 e. The summed E-state index contributed by atoms with van der Waals surface area (Å²) >= 11 is 0. The Labute approximate surface area is 235 Å². The van der Waals surface area contributed by atoms with Gasteiger partial charge < -0.3 is 0 Å². The maximum absolute atomic E-state index is 15.3. The third kappa shape index (κ3) is 8.83. The second-order valence-electron chi connectivity index (χ2n) is 10.9. The van der Waals surface area contributed by atoms with Crippen molar-refractivity contribution in [3.63, 3.8) is 0 Å². The first-order valence-corrected chi connectivity index (χ1v) is 15.1. The van der Waals surface area contributed by atoms with Gasteiger partial charge in [0, 0.05) is 10.9 Å². The zero-order valence-corrected chi connectivity index (χ0v) is 23.9. The van der Waals surface area contributed by atoms with Gasteiger partial charge in [0.1, 0.15) is 5.82 Å². The van der Waals surface area contributed by atoms with Crippen molar-refractivity contribution >= 4 is 10.8 Å². The Morgan fingerprint density at radius 2 is 1.05 bits per heavy atom. The molecule has 0 N–H and O–H groups in total. The molecule has 0 aliphatic heterocycles. The second kappa shape index (κ2) is 15.3. The van der Waals surface area contributed by atoms with Gasteiger partial charge in [-0.1, -0.05) is 125 Å². The molecule has 0 unspecified atom stereocenters. The summed E-state index contributed by atoms with van der Waals surface area (Å²) < 4.78 is 15.3. The molecule has 39 heavy (non-hydrogen) atoms. The van der Waals surface area contributed by atoms with E-state index in [1.54, 1.807) is 0 Å². The molecular weight excluding hydrogens is 475 g/mol. The van der Waals surface area contributed by atoms with E-state index in [1.165, 1.54) is 80.0 Å². The van der Waals surface area contributed by atoms with Crippen molar-refractivity contribution in [2.45, 2.75) is 90.9 Å². The van der Waals surface area contributed by atoms with Crippen LogP contribution < -0.4 is 0 Å². The molecule has 0 atom stereocenters. The van der Waals surface area contributed by atoms with Crippen LogP contribution in [0.1, 0.15) is 98.6 Å². The van der Waals surface area contributed by atoms with Crippen molar-refractivity contribution in [1.29, 1.82) is 0 Å². The summed E-state index contributed by atoms with van der Waals surface area (Å²) in [6, 6.07) is 27.4. The monoisotopic (exact) mass is 518 g/mol. The van der Waals surface area contributed by atoms with E-state index in [9.17, 15) is 0 Å². The SMILES string of the molecule is CCCCCCCc1ccc(CCc2ccc3c(F)c(C#Cc4ccc(CCCCC)cc4)ccc3c2)cc1. The van der Waals surface area contributed by atoms with Gasteiger partial charge in [0.05, 0.1) is 5.56 Å². The minimum atomic E-state index is -0.229. The first-order chi connectivity index (χ1) is 19.2. The Balaban J connectivity index is 1.34. The summed E-state index contributed by atoms with van der Waals surface area (Å²) in [5.74, 6) is 5.97. The van der Waals surface area contributed by atoms with E-state index in [0.29, 0.717) is 10.9 Å². The summed E-state index contributed by atoms with van der Waals surface area (Å²) in [5.41, 5.74) is 6.74. The fourth-order valence-corrected chi connectivity index (χ4v) is 5.16. The van der Waals surface area contributed by atoms with E-state index in [1.807, 2.05) is 30.3 Å². The molecule has 0 amide bonds. The van der Waals surface area contributed by atoms with Gasteiger partial charge in [-0.3, -0.25) is 0 Å². The molecule has 0 fully saturated rings. The third-order valence-corrected chi connectivity index (χ3v) is 7.68. The van der Waals surface area contributed by atoms with Gasteiger partial charge in [0.25, 0.3) is 0 Å². The van der Waals surface area contributed by atoms with Gasteiger partial charge in [-0.15, -0.1) is 0 Å². The fourth-order valence-electron chi connectivity index (χ4n) is 5.16. The van der Waals surface area contributed by atoms with Crippen molar-refractivity contribution in [1.82, 2.24) is 0 Å². The van der Waals surface area contributed by atoms with Gasteiger partial charge in [-0.25, -0.2) is 4.39 Å². The molecule has 0 heterocycles. The molecule has 0 spiro atoms. The summed E-state index contributed by atoms with van der Waals surface area (Å²) in [4.78, 5) is 0.